The van der Waals surface area contributed by atoms with Crippen LogP contribution >= 0.6 is 0 Å². The minimum atomic E-state index is -3.07. The van der Waals surface area contributed by atoms with Crippen molar-refractivity contribution in [2.45, 2.75) is 19.0 Å². The number of amides is 1. The van der Waals surface area contributed by atoms with Crippen molar-refractivity contribution in [3.8, 4) is 5.75 Å². The maximum Gasteiger partial charge on any atom is 0.254 e. The van der Waals surface area contributed by atoms with Gasteiger partial charge in [-0.25, -0.2) is 8.42 Å². The lowest BCUT2D eigenvalue weighted by atomic mass is 10.1. The molecule has 0 aliphatic carbocycles. The van der Waals surface area contributed by atoms with E-state index < -0.39 is 9.84 Å². The number of ether oxygens (including phenoxy) is 1. The fraction of sp³-hybridized carbons (Fsp3) is 0.316. The molecule has 5 nitrogen and oxygen atoms in total. The zero-order valence-electron chi connectivity index (χ0n) is 14.1. The molecule has 6 heteroatoms. The molecule has 2 aromatic carbocycles. The molecular formula is C19H21NO4S. The SMILES string of the molecule is COc1ccc(CN(C(=O)c2ccccc2)C2CCS(=O)(=O)C2)cc1. The fourth-order valence-corrected chi connectivity index (χ4v) is 4.79. The summed E-state index contributed by atoms with van der Waals surface area (Å²) in [6, 6.07) is 16.2. The second-order valence-electron chi connectivity index (χ2n) is 6.20. The number of carbonyl (C=O) groups excluding carboxylic acids is 1. The van der Waals surface area contributed by atoms with Crippen LogP contribution in [0.4, 0.5) is 0 Å². The number of hydrogen-bond acceptors (Lipinski definition) is 4. The summed E-state index contributed by atoms with van der Waals surface area (Å²) in [6.07, 6.45) is 0.483. The van der Waals surface area contributed by atoms with Gasteiger partial charge < -0.3 is 9.64 Å². The molecule has 1 saturated heterocycles. The molecular weight excluding hydrogens is 338 g/mol. The van der Waals surface area contributed by atoms with Crippen LogP contribution in [0.2, 0.25) is 0 Å². The van der Waals surface area contributed by atoms with Gasteiger partial charge in [-0.3, -0.25) is 4.79 Å². The first-order chi connectivity index (χ1) is 12.0. The summed E-state index contributed by atoms with van der Waals surface area (Å²) < 4.78 is 28.9. The smallest absolute Gasteiger partial charge is 0.254 e. The zero-order valence-corrected chi connectivity index (χ0v) is 14.9. The summed E-state index contributed by atoms with van der Waals surface area (Å²) in [7, 11) is -1.47. The lowest BCUT2D eigenvalue weighted by Crippen LogP contribution is -2.40. The first-order valence-electron chi connectivity index (χ1n) is 8.18. The highest BCUT2D eigenvalue weighted by molar-refractivity contribution is 7.91. The van der Waals surface area contributed by atoms with Crippen LogP contribution < -0.4 is 4.74 Å². The van der Waals surface area contributed by atoms with Gasteiger partial charge in [-0.2, -0.15) is 0 Å². The molecule has 1 amide bonds. The predicted octanol–water partition coefficient (Wildman–Crippen LogP) is 2.52. The van der Waals surface area contributed by atoms with Crippen molar-refractivity contribution in [1.82, 2.24) is 4.90 Å². The Kier molecular flexibility index (Phi) is 5.08. The topological polar surface area (TPSA) is 63.7 Å². The van der Waals surface area contributed by atoms with Crippen LogP contribution in [0.25, 0.3) is 0 Å². The van der Waals surface area contributed by atoms with Gasteiger partial charge in [-0.1, -0.05) is 30.3 Å². The van der Waals surface area contributed by atoms with E-state index in [9.17, 15) is 13.2 Å². The molecule has 1 atom stereocenters. The Labute approximate surface area is 148 Å². The van der Waals surface area contributed by atoms with E-state index in [2.05, 4.69) is 0 Å². The first kappa shape index (κ1) is 17.5. The fourth-order valence-electron chi connectivity index (χ4n) is 3.06. The Balaban J connectivity index is 1.87. The summed E-state index contributed by atoms with van der Waals surface area (Å²) in [5.74, 6) is 0.771. The van der Waals surface area contributed by atoms with Gasteiger partial charge in [0.05, 0.1) is 18.6 Å². The van der Waals surface area contributed by atoms with Crippen LogP contribution in [-0.4, -0.2) is 43.9 Å². The summed E-state index contributed by atoms with van der Waals surface area (Å²) in [5, 5.41) is 0. The summed E-state index contributed by atoms with van der Waals surface area (Å²) in [6.45, 7) is 0.373. The Bertz CT molecular complexity index is 831. The minimum Gasteiger partial charge on any atom is -0.497 e. The van der Waals surface area contributed by atoms with Crippen LogP contribution in [0.3, 0.4) is 0 Å². The van der Waals surface area contributed by atoms with Crippen molar-refractivity contribution in [3.05, 3.63) is 65.7 Å². The van der Waals surface area contributed by atoms with E-state index in [1.165, 1.54) is 0 Å². The lowest BCUT2D eigenvalue weighted by molar-refractivity contribution is 0.0681. The number of methoxy groups -OCH3 is 1. The average Bonchev–Trinajstić information content (AvgIpc) is 3.00. The molecule has 1 fully saturated rings. The van der Waals surface area contributed by atoms with Gasteiger partial charge in [0.2, 0.25) is 0 Å². The molecule has 0 saturated carbocycles. The second-order valence-corrected chi connectivity index (χ2v) is 8.43. The third-order valence-electron chi connectivity index (χ3n) is 4.44. The molecule has 1 aliphatic heterocycles. The van der Waals surface area contributed by atoms with Crippen molar-refractivity contribution in [2.24, 2.45) is 0 Å². The largest absolute Gasteiger partial charge is 0.497 e. The summed E-state index contributed by atoms with van der Waals surface area (Å²) in [5.41, 5.74) is 1.51. The lowest BCUT2D eigenvalue weighted by Gasteiger charge is -2.28. The highest BCUT2D eigenvalue weighted by Crippen LogP contribution is 2.23. The normalized spacial score (nSPS) is 18.7. The monoisotopic (exact) mass is 359 g/mol. The summed E-state index contributed by atoms with van der Waals surface area (Å²) >= 11 is 0. The minimum absolute atomic E-state index is 0.0295. The van der Waals surface area contributed by atoms with E-state index in [1.54, 1.807) is 24.1 Å². The van der Waals surface area contributed by atoms with E-state index >= 15 is 0 Å². The summed E-state index contributed by atoms with van der Waals surface area (Å²) in [4.78, 5) is 14.7. The number of hydrogen-bond donors (Lipinski definition) is 0. The molecule has 1 unspecified atom stereocenters. The second kappa shape index (κ2) is 7.27. The van der Waals surface area contributed by atoms with Gasteiger partial charge in [-0.15, -0.1) is 0 Å². The van der Waals surface area contributed by atoms with Crippen LogP contribution in [0.1, 0.15) is 22.3 Å². The molecule has 0 bridgehead atoms. The molecule has 1 heterocycles. The van der Waals surface area contributed by atoms with Crippen LogP contribution in [0.5, 0.6) is 5.75 Å². The quantitative estimate of drug-likeness (QED) is 0.823. The number of carbonyl (C=O) groups is 1. The van der Waals surface area contributed by atoms with E-state index in [0.29, 0.717) is 18.5 Å². The van der Waals surface area contributed by atoms with Crippen molar-refractivity contribution in [3.63, 3.8) is 0 Å². The van der Waals surface area contributed by atoms with Crippen LogP contribution in [0.15, 0.2) is 54.6 Å². The molecule has 3 rings (SSSR count). The molecule has 0 spiro atoms. The maximum absolute atomic E-state index is 13.0. The van der Waals surface area contributed by atoms with Crippen LogP contribution in [-0.2, 0) is 16.4 Å². The average molecular weight is 359 g/mol. The molecule has 0 radical (unpaired) electrons. The van der Waals surface area contributed by atoms with E-state index in [4.69, 9.17) is 4.74 Å². The van der Waals surface area contributed by atoms with Gasteiger partial charge in [0.25, 0.3) is 5.91 Å². The molecule has 132 valence electrons. The van der Waals surface area contributed by atoms with Gasteiger partial charge >= 0.3 is 0 Å². The highest BCUT2D eigenvalue weighted by atomic mass is 32.2. The Morgan fingerprint density at radius 2 is 1.80 bits per heavy atom. The van der Waals surface area contributed by atoms with Crippen molar-refractivity contribution in [1.29, 1.82) is 0 Å². The number of sulfone groups is 1. The maximum atomic E-state index is 13.0. The van der Waals surface area contributed by atoms with E-state index in [0.717, 1.165) is 11.3 Å². The molecule has 0 aromatic heterocycles. The van der Waals surface area contributed by atoms with Gasteiger partial charge in [0, 0.05) is 18.2 Å². The molecule has 25 heavy (non-hydrogen) atoms. The third-order valence-corrected chi connectivity index (χ3v) is 6.19. The number of rotatable bonds is 5. The van der Waals surface area contributed by atoms with Gasteiger partial charge in [-0.05, 0) is 36.2 Å². The highest BCUT2D eigenvalue weighted by Gasteiger charge is 2.35. The van der Waals surface area contributed by atoms with Gasteiger partial charge in [0.1, 0.15) is 5.75 Å². The van der Waals surface area contributed by atoms with Crippen molar-refractivity contribution < 1.29 is 17.9 Å². The Morgan fingerprint density at radius 3 is 2.36 bits per heavy atom. The molecule has 1 aliphatic rings. The van der Waals surface area contributed by atoms with E-state index in [1.807, 2.05) is 42.5 Å². The zero-order chi connectivity index (χ0) is 17.9. The predicted molar refractivity (Wildman–Crippen MR) is 96.4 cm³/mol. The van der Waals surface area contributed by atoms with Crippen molar-refractivity contribution >= 4 is 15.7 Å². The Hall–Kier alpha value is -2.34. The Morgan fingerprint density at radius 1 is 1.12 bits per heavy atom. The van der Waals surface area contributed by atoms with Crippen molar-refractivity contribution in [2.75, 3.05) is 18.6 Å². The van der Waals surface area contributed by atoms with E-state index in [-0.39, 0.29) is 23.5 Å². The number of nitrogens with zero attached hydrogens (tertiary/aromatic N) is 1. The number of benzene rings is 2. The van der Waals surface area contributed by atoms with Gasteiger partial charge in [0.15, 0.2) is 9.84 Å². The first-order valence-corrected chi connectivity index (χ1v) is 10.00. The standard InChI is InChI=1S/C19H21NO4S/c1-24-18-9-7-15(8-10-18)13-20(17-11-12-25(22,23)14-17)19(21)16-5-3-2-4-6-16/h2-10,17H,11-14H2,1H3. The molecule has 2 aromatic rings. The van der Waals surface area contributed by atoms with Crippen LogP contribution in [0, 0.1) is 0 Å². The third kappa shape index (κ3) is 4.20. The molecule has 0 N–H and O–H groups in total.